The molecule has 0 spiro atoms. The van der Waals surface area contributed by atoms with Crippen LogP contribution in [0.5, 0.6) is 11.5 Å². The fourth-order valence-corrected chi connectivity index (χ4v) is 2.32. The molecule has 8 heteroatoms. The quantitative estimate of drug-likeness (QED) is 0.447. The highest BCUT2D eigenvalue weighted by Gasteiger charge is 2.10. The van der Waals surface area contributed by atoms with Crippen LogP contribution >= 0.6 is 12.2 Å². The Morgan fingerprint density at radius 1 is 1.19 bits per heavy atom. The average molecular weight is 379 g/mol. The molecule has 0 unspecified atom stereocenters. The van der Waals surface area contributed by atoms with E-state index in [9.17, 15) is 8.78 Å². The third kappa shape index (κ3) is 5.38. The van der Waals surface area contributed by atoms with E-state index in [0.29, 0.717) is 10.7 Å². The largest absolute Gasteiger partial charge is 0.493 e. The van der Waals surface area contributed by atoms with Crippen molar-refractivity contribution in [1.82, 2.24) is 5.43 Å². The number of hydrazone groups is 1. The van der Waals surface area contributed by atoms with Crippen LogP contribution in [0.3, 0.4) is 0 Å². The van der Waals surface area contributed by atoms with Gasteiger partial charge in [-0.3, -0.25) is 5.43 Å². The fraction of sp³-hybridized carbons (Fsp3) is 0.222. The van der Waals surface area contributed by atoms with Crippen molar-refractivity contribution in [1.29, 1.82) is 0 Å². The molecule has 0 atom stereocenters. The third-order valence-corrected chi connectivity index (χ3v) is 3.83. The molecule has 0 aliphatic carbocycles. The van der Waals surface area contributed by atoms with Gasteiger partial charge in [-0.05, 0) is 67.0 Å². The van der Waals surface area contributed by atoms with Gasteiger partial charge in [0.05, 0.1) is 13.3 Å². The van der Waals surface area contributed by atoms with Crippen molar-refractivity contribution in [2.75, 3.05) is 12.4 Å². The first-order valence-corrected chi connectivity index (χ1v) is 8.10. The number of thiocarbonyl (C=S) groups is 1. The van der Waals surface area contributed by atoms with Gasteiger partial charge in [0.25, 0.3) is 0 Å². The molecule has 0 aliphatic heterocycles. The highest BCUT2D eigenvalue weighted by Crippen LogP contribution is 2.28. The van der Waals surface area contributed by atoms with Gasteiger partial charge in [0.15, 0.2) is 16.6 Å². The summed E-state index contributed by atoms with van der Waals surface area (Å²) in [5.74, 6) is 0.144. The van der Waals surface area contributed by atoms with E-state index in [-0.39, 0.29) is 11.5 Å². The van der Waals surface area contributed by atoms with E-state index in [1.807, 2.05) is 32.0 Å². The smallest absolute Gasteiger partial charge is 0.387 e. The Morgan fingerprint density at radius 3 is 2.65 bits per heavy atom. The standard InChI is InChI=1S/C18H19F2N3O2S/c1-11-5-4-6-14(12(11)2)22-18(26)23-21-10-13-7-8-15(25-17(19)20)16(9-13)24-3/h4-10,17H,1-3H3,(H2,22,23,26). The van der Waals surface area contributed by atoms with Crippen molar-refractivity contribution in [3.05, 3.63) is 53.1 Å². The molecule has 0 amide bonds. The highest BCUT2D eigenvalue weighted by atomic mass is 32.1. The summed E-state index contributed by atoms with van der Waals surface area (Å²) in [5, 5.41) is 7.43. The summed E-state index contributed by atoms with van der Waals surface area (Å²) in [6, 6.07) is 10.4. The molecule has 0 fully saturated rings. The maximum absolute atomic E-state index is 12.3. The van der Waals surface area contributed by atoms with Gasteiger partial charge in [0, 0.05) is 5.69 Å². The molecule has 138 valence electrons. The number of anilines is 1. The summed E-state index contributed by atoms with van der Waals surface area (Å²) in [7, 11) is 1.37. The number of hydrogen-bond donors (Lipinski definition) is 2. The lowest BCUT2D eigenvalue weighted by molar-refractivity contribution is -0.0512. The Hall–Kier alpha value is -2.74. The summed E-state index contributed by atoms with van der Waals surface area (Å²) in [5.41, 5.74) is 6.48. The van der Waals surface area contributed by atoms with Gasteiger partial charge in [-0.15, -0.1) is 0 Å². The van der Waals surface area contributed by atoms with Crippen LogP contribution in [0.4, 0.5) is 14.5 Å². The Bertz CT molecular complexity index is 813. The molecule has 0 saturated carbocycles. The Morgan fingerprint density at radius 2 is 1.96 bits per heavy atom. The molecule has 0 radical (unpaired) electrons. The molecule has 26 heavy (non-hydrogen) atoms. The maximum Gasteiger partial charge on any atom is 0.387 e. The average Bonchev–Trinajstić information content (AvgIpc) is 2.59. The van der Waals surface area contributed by atoms with Crippen molar-refractivity contribution >= 4 is 29.2 Å². The first-order chi connectivity index (χ1) is 12.4. The zero-order valence-electron chi connectivity index (χ0n) is 14.5. The zero-order chi connectivity index (χ0) is 19.1. The topological polar surface area (TPSA) is 54.9 Å². The van der Waals surface area contributed by atoms with Crippen LogP contribution in [0, 0.1) is 13.8 Å². The van der Waals surface area contributed by atoms with Crippen molar-refractivity contribution in [3.63, 3.8) is 0 Å². The molecular weight excluding hydrogens is 360 g/mol. The number of nitrogens with one attached hydrogen (secondary N) is 2. The normalized spacial score (nSPS) is 10.8. The van der Waals surface area contributed by atoms with Crippen LogP contribution in [-0.2, 0) is 0 Å². The number of rotatable bonds is 6. The number of hydrogen-bond acceptors (Lipinski definition) is 4. The molecule has 2 rings (SSSR count). The molecule has 0 aliphatic rings. The second-order valence-corrected chi connectivity index (χ2v) is 5.77. The number of methoxy groups -OCH3 is 1. The number of ether oxygens (including phenoxy) is 2. The van der Waals surface area contributed by atoms with Crippen LogP contribution in [0.2, 0.25) is 0 Å². The lowest BCUT2D eigenvalue weighted by Gasteiger charge is -2.11. The zero-order valence-corrected chi connectivity index (χ0v) is 15.4. The molecular formula is C18H19F2N3O2S. The summed E-state index contributed by atoms with van der Waals surface area (Å²) in [6.07, 6.45) is 1.49. The predicted octanol–water partition coefficient (Wildman–Crippen LogP) is 4.23. The van der Waals surface area contributed by atoms with Crippen molar-refractivity contribution < 1.29 is 18.3 Å². The molecule has 2 N–H and O–H groups in total. The molecule has 0 heterocycles. The third-order valence-electron chi connectivity index (χ3n) is 3.64. The van der Waals surface area contributed by atoms with Gasteiger partial charge >= 0.3 is 6.61 Å². The lowest BCUT2D eigenvalue weighted by Crippen LogP contribution is -2.24. The van der Waals surface area contributed by atoms with Crippen LogP contribution < -0.4 is 20.2 Å². The summed E-state index contributed by atoms with van der Waals surface area (Å²) >= 11 is 5.21. The van der Waals surface area contributed by atoms with Gasteiger partial charge in [0.1, 0.15) is 0 Å². The lowest BCUT2D eigenvalue weighted by atomic mass is 10.1. The number of halogens is 2. The van der Waals surface area contributed by atoms with Crippen LogP contribution in [0.25, 0.3) is 0 Å². The summed E-state index contributed by atoms with van der Waals surface area (Å²) in [6.45, 7) is 1.10. The summed E-state index contributed by atoms with van der Waals surface area (Å²) in [4.78, 5) is 0. The molecule has 0 bridgehead atoms. The minimum Gasteiger partial charge on any atom is -0.493 e. The molecule has 2 aromatic carbocycles. The Kier molecular flexibility index (Phi) is 6.85. The SMILES string of the molecule is COc1cc(C=NNC(=S)Nc2cccc(C)c2C)ccc1OC(F)F. The van der Waals surface area contributed by atoms with Crippen LogP contribution in [0.15, 0.2) is 41.5 Å². The van der Waals surface area contributed by atoms with Gasteiger partial charge < -0.3 is 14.8 Å². The van der Waals surface area contributed by atoms with Gasteiger partial charge in [-0.2, -0.15) is 13.9 Å². The van der Waals surface area contributed by atoms with E-state index in [2.05, 4.69) is 20.6 Å². The second-order valence-electron chi connectivity index (χ2n) is 5.36. The first kappa shape index (κ1) is 19.6. The second kappa shape index (κ2) is 9.10. The number of alkyl halides is 2. The van der Waals surface area contributed by atoms with E-state index in [1.165, 1.54) is 25.5 Å². The van der Waals surface area contributed by atoms with Gasteiger partial charge in [-0.1, -0.05) is 12.1 Å². The number of nitrogens with zero attached hydrogens (tertiary/aromatic N) is 1. The van der Waals surface area contributed by atoms with E-state index >= 15 is 0 Å². The fourth-order valence-electron chi connectivity index (χ4n) is 2.16. The minimum atomic E-state index is -2.92. The maximum atomic E-state index is 12.3. The Balaban J connectivity index is 1.99. The van der Waals surface area contributed by atoms with Gasteiger partial charge in [-0.25, -0.2) is 0 Å². The number of aryl methyl sites for hydroxylation is 1. The van der Waals surface area contributed by atoms with E-state index in [4.69, 9.17) is 17.0 Å². The van der Waals surface area contributed by atoms with Crippen molar-refractivity contribution in [3.8, 4) is 11.5 Å². The van der Waals surface area contributed by atoms with Crippen molar-refractivity contribution in [2.45, 2.75) is 20.5 Å². The van der Waals surface area contributed by atoms with Crippen LogP contribution in [0.1, 0.15) is 16.7 Å². The molecule has 0 saturated heterocycles. The summed E-state index contributed by atoms with van der Waals surface area (Å²) < 4.78 is 34.1. The van der Waals surface area contributed by atoms with E-state index in [1.54, 1.807) is 6.07 Å². The minimum absolute atomic E-state index is 0.0419. The van der Waals surface area contributed by atoms with E-state index in [0.717, 1.165) is 16.8 Å². The highest BCUT2D eigenvalue weighted by molar-refractivity contribution is 7.80. The van der Waals surface area contributed by atoms with Crippen molar-refractivity contribution in [2.24, 2.45) is 5.10 Å². The number of benzene rings is 2. The monoisotopic (exact) mass is 379 g/mol. The Labute approximate surface area is 156 Å². The predicted molar refractivity (Wildman–Crippen MR) is 102 cm³/mol. The molecule has 2 aromatic rings. The first-order valence-electron chi connectivity index (χ1n) is 7.70. The van der Waals surface area contributed by atoms with Gasteiger partial charge in [0.2, 0.25) is 0 Å². The molecule has 5 nitrogen and oxygen atoms in total. The van der Waals surface area contributed by atoms with E-state index < -0.39 is 6.61 Å². The van der Waals surface area contributed by atoms with Crippen LogP contribution in [-0.4, -0.2) is 25.0 Å². The molecule has 0 aromatic heterocycles.